The summed E-state index contributed by atoms with van der Waals surface area (Å²) in [6, 6.07) is 13.7. The predicted octanol–water partition coefficient (Wildman–Crippen LogP) is 4.35. The summed E-state index contributed by atoms with van der Waals surface area (Å²) in [6.45, 7) is 3.08. The van der Waals surface area contributed by atoms with Gasteiger partial charge in [-0.25, -0.2) is 4.98 Å². The van der Waals surface area contributed by atoms with Gasteiger partial charge in [0.15, 0.2) is 0 Å². The molecule has 0 aliphatic rings. The van der Waals surface area contributed by atoms with Crippen molar-refractivity contribution in [3.63, 3.8) is 0 Å². The van der Waals surface area contributed by atoms with E-state index in [0.717, 1.165) is 35.4 Å². The van der Waals surface area contributed by atoms with E-state index >= 15 is 0 Å². The van der Waals surface area contributed by atoms with E-state index in [9.17, 15) is 0 Å². The second-order valence-electron chi connectivity index (χ2n) is 4.85. The van der Waals surface area contributed by atoms with Crippen LogP contribution in [0.2, 0.25) is 5.02 Å². The summed E-state index contributed by atoms with van der Waals surface area (Å²) >= 11 is 6.11. The maximum atomic E-state index is 6.11. The van der Waals surface area contributed by atoms with Gasteiger partial charge in [0.05, 0.1) is 11.0 Å². The van der Waals surface area contributed by atoms with Gasteiger partial charge in [0.2, 0.25) is 0 Å². The van der Waals surface area contributed by atoms with Crippen LogP contribution in [0.5, 0.6) is 0 Å². The lowest BCUT2D eigenvalue weighted by atomic mass is 10.2. The molecule has 3 rings (SSSR count). The van der Waals surface area contributed by atoms with Gasteiger partial charge in [-0.1, -0.05) is 30.7 Å². The number of hydrogen-bond donors (Lipinski definition) is 1. The number of nitrogens with two attached hydrogens (primary N) is 1. The smallest absolute Gasteiger partial charge is 0.141 e. The van der Waals surface area contributed by atoms with Gasteiger partial charge >= 0.3 is 0 Å². The molecule has 0 fully saturated rings. The molecule has 0 saturated carbocycles. The van der Waals surface area contributed by atoms with Gasteiger partial charge in [0.25, 0.3) is 0 Å². The third-order valence-corrected chi connectivity index (χ3v) is 3.50. The molecular formula is C16H16ClN3. The fraction of sp³-hybridized carbons (Fsp3) is 0.188. The molecule has 0 unspecified atom stereocenters. The number of halogens is 1. The number of aryl methyl sites for hydroxylation is 1. The van der Waals surface area contributed by atoms with Crippen LogP contribution in [0.4, 0.5) is 5.69 Å². The molecule has 0 aliphatic heterocycles. The Bertz CT molecular complexity index is 741. The first-order valence-corrected chi connectivity index (χ1v) is 7.08. The third-order valence-electron chi connectivity index (χ3n) is 3.28. The fourth-order valence-corrected chi connectivity index (χ4v) is 2.73. The summed E-state index contributed by atoms with van der Waals surface area (Å²) < 4.78 is 2.22. The Hall–Kier alpha value is -2.00. The summed E-state index contributed by atoms with van der Waals surface area (Å²) in [6.07, 6.45) is 1.05. The van der Waals surface area contributed by atoms with Crippen molar-refractivity contribution in [1.29, 1.82) is 0 Å². The quantitative estimate of drug-likeness (QED) is 0.727. The van der Waals surface area contributed by atoms with Crippen molar-refractivity contribution >= 4 is 28.3 Å². The number of fused-ring (bicyclic) bond motifs is 1. The molecule has 1 heterocycles. The van der Waals surface area contributed by atoms with E-state index in [1.807, 2.05) is 30.3 Å². The van der Waals surface area contributed by atoms with E-state index in [1.165, 1.54) is 0 Å². The Kier molecular flexibility index (Phi) is 3.36. The van der Waals surface area contributed by atoms with Gasteiger partial charge in [-0.3, -0.25) is 0 Å². The van der Waals surface area contributed by atoms with Crippen molar-refractivity contribution < 1.29 is 0 Å². The molecule has 0 bridgehead atoms. The van der Waals surface area contributed by atoms with Crippen molar-refractivity contribution in [1.82, 2.24) is 9.55 Å². The van der Waals surface area contributed by atoms with Gasteiger partial charge in [-0.05, 0) is 36.8 Å². The van der Waals surface area contributed by atoms with Crippen molar-refractivity contribution in [3.05, 3.63) is 47.5 Å². The normalized spacial score (nSPS) is 11.1. The number of rotatable bonds is 3. The van der Waals surface area contributed by atoms with E-state index in [4.69, 9.17) is 22.3 Å². The van der Waals surface area contributed by atoms with Crippen LogP contribution in [-0.2, 0) is 6.54 Å². The van der Waals surface area contributed by atoms with Crippen molar-refractivity contribution in [2.75, 3.05) is 5.73 Å². The van der Waals surface area contributed by atoms with Gasteiger partial charge in [0.1, 0.15) is 5.82 Å². The summed E-state index contributed by atoms with van der Waals surface area (Å²) in [4.78, 5) is 4.73. The SMILES string of the molecule is CCCn1c(-c2cc(N)cc(Cl)c2)nc2ccccc21. The molecule has 3 nitrogen and oxygen atoms in total. The van der Waals surface area contributed by atoms with Crippen LogP contribution in [0.15, 0.2) is 42.5 Å². The third kappa shape index (κ3) is 2.25. The van der Waals surface area contributed by atoms with Crippen LogP contribution < -0.4 is 5.73 Å². The van der Waals surface area contributed by atoms with E-state index in [1.54, 1.807) is 6.07 Å². The Morgan fingerprint density at radius 1 is 1.20 bits per heavy atom. The average Bonchev–Trinajstić information content (AvgIpc) is 2.77. The Labute approximate surface area is 123 Å². The van der Waals surface area contributed by atoms with Crippen LogP contribution in [0.3, 0.4) is 0 Å². The number of nitrogen functional groups attached to an aromatic ring is 1. The highest BCUT2D eigenvalue weighted by molar-refractivity contribution is 6.31. The molecule has 0 saturated heterocycles. The number of hydrogen-bond acceptors (Lipinski definition) is 2. The minimum atomic E-state index is 0.634. The molecule has 2 N–H and O–H groups in total. The molecule has 0 spiro atoms. The molecule has 1 aromatic heterocycles. The summed E-state index contributed by atoms with van der Waals surface area (Å²) in [5.74, 6) is 0.919. The Morgan fingerprint density at radius 2 is 2.00 bits per heavy atom. The zero-order valence-electron chi connectivity index (χ0n) is 11.3. The van der Waals surface area contributed by atoms with Gasteiger partial charge in [-0.2, -0.15) is 0 Å². The lowest BCUT2D eigenvalue weighted by molar-refractivity contribution is 0.704. The summed E-state index contributed by atoms with van der Waals surface area (Å²) in [7, 11) is 0. The van der Waals surface area contributed by atoms with E-state index in [2.05, 4.69) is 17.6 Å². The summed E-state index contributed by atoms with van der Waals surface area (Å²) in [5.41, 5.74) is 9.64. The van der Waals surface area contributed by atoms with Crippen LogP contribution in [0.25, 0.3) is 22.4 Å². The van der Waals surface area contributed by atoms with Crippen LogP contribution in [0.1, 0.15) is 13.3 Å². The van der Waals surface area contributed by atoms with Gasteiger partial charge < -0.3 is 10.3 Å². The number of aromatic nitrogens is 2. The van der Waals surface area contributed by atoms with E-state index < -0.39 is 0 Å². The van der Waals surface area contributed by atoms with Crippen molar-refractivity contribution in [2.45, 2.75) is 19.9 Å². The largest absolute Gasteiger partial charge is 0.399 e. The first-order valence-electron chi connectivity index (χ1n) is 6.70. The molecule has 2 aromatic carbocycles. The molecule has 20 heavy (non-hydrogen) atoms. The number of anilines is 1. The summed E-state index contributed by atoms with van der Waals surface area (Å²) in [5, 5.41) is 0.634. The second-order valence-corrected chi connectivity index (χ2v) is 5.29. The zero-order chi connectivity index (χ0) is 14.1. The highest BCUT2D eigenvalue weighted by Crippen LogP contribution is 2.28. The number of nitrogens with zero attached hydrogens (tertiary/aromatic N) is 2. The fourth-order valence-electron chi connectivity index (χ4n) is 2.49. The highest BCUT2D eigenvalue weighted by Gasteiger charge is 2.12. The van der Waals surface area contributed by atoms with Crippen molar-refractivity contribution in [2.24, 2.45) is 0 Å². The number of imidazole rings is 1. The van der Waals surface area contributed by atoms with E-state index in [0.29, 0.717) is 10.7 Å². The maximum Gasteiger partial charge on any atom is 0.141 e. The lowest BCUT2D eigenvalue weighted by Gasteiger charge is -2.08. The molecule has 3 aromatic rings. The van der Waals surface area contributed by atoms with Crippen LogP contribution >= 0.6 is 11.6 Å². The Balaban J connectivity index is 2.26. The van der Waals surface area contributed by atoms with E-state index in [-0.39, 0.29) is 0 Å². The molecule has 0 atom stereocenters. The monoisotopic (exact) mass is 285 g/mol. The number of benzene rings is 2. The average molecular weight is 286 g/mol. The minimum Gasteiger partial charge on any atom is -0.399 e. The van der Waals surface area contributed by atoms with Crippen LogP contribution in [-0.4, -0.2) is 9.55 Å². The first-order chi connectivity index (χ1) is 9.69. The minimum absolute atomic E-state index is 0.634. The maximum absolute atomic E-state index is 6.11. The highest BCUT2D eigenvalue weighted by atomic mass is 35.5. The zero-order valence-corrected chi connectivity index (χ0v) is 12.1. The predicted molar refractivity (Wildman–Crippen MR) is 84.9 cm³/mol. The molecule has 102 valence electrons. The first kappa shape index (κ1) is 13.0. The molecule has 4 heteroatoms. The Morgan fingerprint density at radius 3 is 2.75 bits per heavy atom. The lowest BCUT2D eigenvalue weighted by Crippen LogP contribution is -2.00. The van der Waals surface area contributed by atoms with Gasteiger partial charge in [-0.15, -0.1) is 0 Å². The topological polar surface area (TPSA) is 43.8 Å². The second kappa shape index (κ2) is 5.17. The molecule has 0 amide bonds. The van der Waals surface area contributed by atoms with Gasteiger partial charge in [0, 0.05) is 22.8 Å². The van der Waals surface area contributed by atoms with Crippen molar-refractivity contribution in [3.8, 4) is 11.4 Å². The number of para-hydroxylation sites is 2. The standard InChI is InChI=1S/C16H16ClN3/c1-2-7-20-15-6-4-3-5-14(15)19-16(20)11-8-12(17)10-13(18)9-11/h3-6,8-10H,2,7,18H2,1H3. The molecule has 0 radical (unpaired) electrons. The molecular weight excluding hydrogens is 270 g/mol. The van der Waals surface area contributed by atoms with Crippen LogP contribution in [0, 0.1) is 0 Å². The molecule has 0 aliphatic carbocycles.